The lowest BCUT2D eigenvalue weighted by Crippen LogP contribution is -2.43. The normalized spacial score (nSPS) is 18.2. The molecule has 3 aromatic rings. The van der Waals surface area contributed by atoms with Crippen molar-refractivity contribution in [2.75, 3.05) is 59.5 Å². The van der Waals surface area contributed by atoms with E-state index in [0.29, 0.717) is 6.61 Å². The van der Waals surface area contributed by atoms with E-state index in [1.54, 1.807) is 0 Å². The summed E-state index contributed by atoms with van der Waals surface area (Å²) in [6.07, 6.45) is 4.72. The Hall–Kier alpha value is -2.29. The van der Waals surface area contributed by atoms with Gasteiger partial charge in [0.2, 0.25) is 0 Å². The van der Waals surface area contributed by atoms with E-state index in [0.717, 1.165) is 82.4 Å². The Kier molecular flexibility index (Phi) is 9.12. The number of rotatable bonds is 9. The molecule has 0 amide bonds. The molecule has 7 heteroatoms. The minimum Gasteiger partial charge on any atom is -0.493 e. The average Bonchev–Trinajstić information content (AvgIpc) is 3.38. The minimum absolute atomic E-state index is 0.116. The highest BCUT2D eigenvalue weighted by atomic mass is 32.1. The van der Waals surface area contributed by atoms with E-state index in [9.17, 15) is 5.11 Å². The second-order valence-electron chi connectivity index (χ2n) is 10.9. The molecule has 2 saturated heterocycles. The molecule has 3 heterocycles. The maximum atomic E-state index is 9.71. The van der Waals surface area contributed by atoms with Gasteiger partial charge < -0.3 is 19.6 Å². The van der Waals surface area contributed by atoms with Gasteiger partial charge in [0.15, 0.2) is 0 Å². The van der Waals surface area contributed by atoms with Gasteiger partial charge in [-0.3, -0.25) is 4.90 Å². The zero-order chi connectivity index (χ0) is 26.5. The molecule has 2 fully saturated rings. The van der Waals surface area contributed by atoms with Crippen LogP contribution in [0.5, 0.6) is 5.75 Å². The summed E-state index contributed by atoms with van der Waals surface area (Å²) in [5.41, 5.74) is 6.13. The molecular formula is C31H42N4O2S. The fraction of sp³-hybridized carbons (Fsp3) is 0.516. The first kappa shape index (κ1) is 27.3. The first-order valence-corrected chi connectivity index (χ1v) is 14.9. The number of nitrogens with zero attached hydrogens (tertiary/aromatic N) is 4. The predicted octanol–water partition coefficient (Wildman–Crippen LogP) is 5.07. The smallest absolute Gasteiger partial charge is 0.123 e. The largest absolute Gasteiger partial charge is 0.493 e. The van der Waals surface area contributed by atoms with Gasteiger partial charge in [0, 0.05) is 69.0 Å². The van der Waals surface area contributed by atoms with Gasteiger partial charge in [-0.1, -0.05) is 30.3 Å². The van der Waals surface area contributed by atoms with E-state index in [1.165, 1.54) is 32.7 Å². The molecule has 1 aromatic heterocycles. The van der Waals surface area contributed by atoms with E-state index in [1.807, 2.05) is 11.3 Å². The van der Waals surface area contributed by atoms with Crippen LogP contribution in [-0.2, 0) is 6.54 Å². The van der Waals surface area contributed by atoms with Crippen LogP contribution in [0.25, 0.3) is 21.7 Å². The molecule has 5 rings (SSSR count). The molecule has 204 valence electrons. The number of aromatic nitrogens is 1. The monoisotopic (exact) mass is 534 g/mol. The molecule has 2 aliphatic rings. The Balaban J connectivity index is 1.24. The van der Waals surface area contributed by atoms with Gasteiger partial charge in [-0.05, 0) is 68.5 Å². The standard InChI is InChI=1S/C31H42N4O2S/c1-23-27(7-4-9-29(23)31-32-21-26(38-31)22-35-18-16-33(3)17-19-35)28-8-5-10-30(24(28)2)37-20-6-13-34-14-11-25(36)12-15-34/h4-5,7-10,21,25,36H,6,11-20,22H2,1-3H3. The highest BCUT2D eigenvalue weighted by Gasteiger charge is 2.18. The Morgan fingerprint density at radius 2 is 1.58 bits per heavy atom. The third kappa shape index (κ3) is 6.64. The zero-order valence-corrected chi connectivity index (χ0v) is 24.0. The molecule has 0 spiro atoms. The molecule has 6 nitrogen and oxygen atoms in total. The summed E-state index contributed by atoms with van der Waals surface area (Å²) in [5, 5.41) is 10.8. The number of piperazine rings is 1. The average molecular weight is 535 g/mol. The van der Waals surface area contributed by atoms with Crippen molar-refractivity contribution in [2.45, 2.75) is 45.8 Å². The van der Waals surface area contributed by atoms with E-state index in [2.05, 4.69) is 78.2 Å². The molecule has 0 bridgehead atoms. The molecule has 0 atom stereocenters. The van der Waals surface area contributed by atoms with Crippen molar-refractivity contribution in [3.05, 3.63) is 58.6 Å². The van der Waals surface area contributed by atoms with Crippen molar-refractivity contribution in [2.24, 2.45) is 0 Å². The van der Waals surface area contributed by atoms with E-state index >= 15 is 0 Å². The first-order chi connectivity index (χ1) is 18.5. The lowest BCUT2D eigenvalue weighted by Gasteiger charge is -2.31. The third-order valence-corrected chi connectivity index (χ3v) is 9.12. The summed E-state index contributed by atoms with van der Waals surface area (Å²) in [6, 6.07) is 13.0. The van der Waals surface area contributed by atoms with Crippen molar-refractivity contribution < 1.29 is 9.84 Å². The maximum Gasteiger partial charge on any atom is 0.123 e. The molecule has 0 aliphatic carbocycles. The zero-order valence-electron chi connectivity index (χ0n) is 23.2. The van der Waals surface area contributed by atoms with E-state index in [-0.39, 0.29) is 6.10 Å². The lowest BCUT2D eigenvalue weighted by atomic mass is 9.93. The summed E-state index contributed by atoms with van der Waals surface area (Å²) in [4.78, 5) is 13.5. The number of hydrogen-bond donors (Lipinski definition) is 1. The van der Waals surface area contributed by atoms with Crippen LogP contribution < -0.4 is 4.74 Å². The van der Waals surface area contributed by atoms with Crippen LogP contribution in [0, 0.1) is 13.8 Å². The Morgan fingerprint density at radius 3 is 2.34 bits per heavy atom. The number of aliphatic hydroxyl groups excluding tert-OH is 1. The Morgan fingerprint density at radius 1 is 0.895 bits per heavy atom. The molecule has 0 radical (unpaired) electrons. The number of aliphatic hydroxyl groups is 1. The summed E-state index contributed by atoms with van der Waals surface area (Å²) in [7, 11) is 2.20. The lowest BCUT2D eigenvalue weighted by molar-refractivity contribution is 0.0800. The summed E-state index contributed by atoms with van der Waals surface area (Å²) >= 11 is 1.82. The van der Waals surface area contributed by atoms with Gasteiger partial charge in [-0.15, -0.1) is 11.3 Å². The highest BCUT2D eigenvalue weighted by Crippen LogP contribution is 2.37. The second kappa shape index (κ2) is 12.7. The highest BCUT2D eigenvalue weighted by molar-refractivity contribution is 7.15. The number of likely N-dealkylation sites (tertiary alicyclic amines) is 1. The van der Waals surface area contributed by atoms with Crippen LogP contribution in [0.15, 0.2) is 42.6 Å². The predicted molar refractivity (Wildman–Crippen MR) is 157 cm³/mol. The molecule has 2 aromatic carbocycles. The maximum absolute atomic E-state index is 9.71. The Labute approximate surface area is 231 Å². The van der Waals surface area contributed by atoms with Crippen molar-refractivity contribution >= 4 is 11.3 Å². The van der Waals surface area contributed by atoms with Gasteiger partial charge >= 0.3 is 0 Å². The number of ether oxygens (including phenoxy) is 1. The van der Waals surface area contributed by atoms with Crippen LogP contribution in [0.3, 0.4) is 0 Å². The Bertz CT molecular complexity index is 1200. The number of thiazole rings is 1. The number of likely N-dealkylation sites (N-methyl/N-ethyl adjacent to an activating group) is 1. The van der Waals surface area contributed by atoms with Gasteiger partial charge in [0.25, 0.3) is 0 Å². The van der Waals surface area contributed by atoms with Crippen LogP contribution in [0.1, 0.15) is 35.3 Å². The van der Waals surface area contributed by atoms with Crippen molar-refractivity contribution in [1.82, 2.24) is 19.7 Å². The van der Waals surface area contributed by atoms with Crippen LogP contribution >= 0.6 is 11.3 Å². The topological polar surface area (TPSA) is 52.1 Å². The number of hydrogen-bond acceptors (Lipinski definition) is 7. The summed E-state index contributed by atoms with van der Waals surface area (Å²) in [5.74, 6) is 0.963. The minimum atomic E-state index is -0.116. The summed E-state index contributed by atoms with van der Waals surface area (Å²) in [6.45, 7) is 13.6. The summed E-state index contributed by atoms with van der Waals surface area (Å²) < 4.78 is 6.25. The molecular weight excluding hydrogens is 492 g/mol. The first-order valence-electron chi connectivity index (χ1n) is 14.1. The van der Waals surface area contributed by atoms with Crippen LogP contribution in [0.4, 0.5) is 0 Å². The SMILES string of the molecule is Cc1c(OCCCN2CCC(O)CC2)cccc1-c1cccc(-c2ncc(CN3CCN(C)CC3)s2)c1C. The van der Waals surface area contributed by atoms with Crippen LogP contribution in [-0.4, -0.2) is 90.4 Å². The molecule has 0 saturated carbocycles. The molecule has 0 unspecified atom stereocenters. The molecule has 2 aliphatic heterocycles. The second-order valence-corrected chi connectivity index (χ2v) is 12.0. The molecule has 1 N–H and O–H groups in total. The quantitative estimate of drug-likeness (QED) is 0.387. The molecule has 38 heavy (non-hydrogen) atoms. The van der Waals surface area contributed by atoms with Gasteiger partial charge in [-0.2, -0.15) is 0 Å². The van der Waals surface area contributed by atoms with E-state index < -0.39 is 0 Å². The van der Waals surface area contributed by atoms with Crippen molar-refractivity contribution in [1.29, 1.82) is 0 Å². The van der Waals surface area contributed by atoms with Crippen molar-refractivity contribution in [3.8, 4) is 27.4 Å². The third-order valence-electron chi connectivity index (χ3n) is 8.10. The number of piperidine rings is 1. The van der Waals surface area contributed by atoms with E-state index in [4.69, 9.17) is 9.72 Å². The van der Waals surface area contributed by atoms with Crippen molar-refractivity contribution in [3.63, 3.8) is 0 Å². The van der Waals surface area contributed by atoms with Gasteiger partial charge in [0.1, 0.15) is 10.8 Å². The van der Waals surface area contributed by atoms with Crippen LogP contribution in [0.2, 0.25) is 0 Å². The number of benzene rings is 2. The van der Waals surface area contributed by atoms with Gasteiger partial charge in [-0.25, -0.2) is 4.98 Å². The fourth-order valence-corrected chi connectivity index (χ4v) is 6.60. The van der Waals surface area contributed by atoms with Gasteiger partial charge in [0.05, 0.1) is 12.7 Å². The fourth-order valence-electron chi connectivity index (χ4n) is 5.57.